The standard InChI is InChI=1S/C21H22O9/c1-12-14(22)9-10-27-20(12)30-21-19(26)18(25)17(24)15(29-21)11-28-16(23)8-7-13-5-3-2-4-6-13/h2-10,15,17-19,21,24-26H,11H2,1H3. The largest absolute Gasteiger partial charge is 0.460 e. The molecule has 3 rings (SSSR count). The van der Waals surface area contributed by atoms with Crippen LogP contribution in [0.25, 0.3) is 6.08 Å². The van der Waals surface area contributed by atoms with Gasteiger partial charge in [0.05, 0.1) is 11.8 Å². The summed E-state index contributed by atoms with van der Waals surface area (Å²) in [5.41, 5.74) is 0.593. The Morgan fingerprint density at radius 2 is 1.83 bits per heavy atom. The first-order chi connectivity index (χ1) is 14.4. The molecule has 1 aliphatic heterocycles. The van der Waals surface area contributed by atoms with E-state index in [1.165, 1.54) is 19.1 Å². The summed E-state index contributed by atoms with van der Waals surface area (Å²) in [5.74, 6) is -0.880. The van der Waals surface area contributed by atoms with Gasteiger partial charge in [0.2, 0.25) is 6.29 Å². The quantitative estimate of drug-likeness (QED) is 0.450. The number of carbonyl (C=O) groups is 1. The van der Waals surface area contributed by atoms with Gasteiger partial charge >= 0.3 is 5.97 Å². The van der Waals surface area contributed by atoms with Crippen LogP contribution < -0.4 is 10.2 Å². The molecule has 30 heavy (non-hydrogen) atoms. The predicted molar refractivity (Wildman–Crippen MR) is 103 cm³/mol. The molecule has 0 radical (unpaired) electrons. The fourth-order valence-electron chi connectivity index (χ4n) is 2.79. The van der Waals surface area contributed by atoms with Gasteiger partial charge in [0.1, 0.15) is 31.0 Å². The molecule has 2 aromatic rings. The average Bonchev–Trinajstić information content (AvgIpc) is 2.75. The number of benzene rings is 1. The molecule has 0 saturated carbocycles. The van der Waals surface area contributed by atoms with Gasteiger partial charge in [-0.15, -0.1) is 0 Å². The summed E-state index contributed by atoms with van der Waals surface area (Å²) in [7, 11) is 0. The zero-order chi connectivity index (χ0) is 21.7. The highest BCUT2D eigenvalue weighted by atomic mass is 16.7. The zero-order valence-corrected chi connectivity index (χ0v) is 16.1. The fourth-order valence-corrected chi connectivity index (χ4v) is 2.79. The number of hydrogen-bond acceptors (Lipinski definition) is 9. The summed E-state index contributed by atoms with van der Waals surface area (Å²) in [6.07, 6.45) is -3.55. The maximum absolute atomic E-state index is 11.9. The van der Waals surface area contributed by atoms with Gasteiger partial charge in [-0.25, -0.2) is 4.79 Å². The summed E-state index contributed by atoms with van der Waals surface area (Å²) in [6, 6.07) is 10.3. The minimum Gasteiger partial charge on any atom is -0.460 e. The first kappa shape index (κ1) is 21.7. The Balaban J connectivity index is 1.62. The van der Waals surface area contributed by atoms with Crippen molar-refractivity contribution in [1.29, 1.82) is 0 Å². The van der Waals surface area contributed by atoms with Crippen LogP contribution in [0, 0.1) is 6.92 Å². The van der Waals surface area contributed by atoms with E-state index in [2.05, 4.69) is 0 Å². The summed E-state index contributed by atoms with van der Waals surface area (Å²) in [5, 5.41) is 30.4. The van der Waals surface area contributed by atoms with Crippen molar-refractivity contribution in [2.75, 3.05) is 6.61 Å². The number of aliphatic hydroxyl groups excluding tert-OH is 3. The van der Waals surface area contributed by atoms with Crippen LogP contribution >= 0.6 is 0 Å². The van der Waals surface area contributed by atoms with Crippen molar-refractivity contribution in [3.63, 3.8) is 0 Å². The first-order valence-electron chi connectivity index (χ1n) is 9.21. The third kappa shape index (κ3) is 5.14. The lowest BCUT2D eigenvalue weighted by molar-refractivity contribution is -0.281. The molecule has 5 atom stereocenters. The topological polar surface area (TPSA) is 136 Å². The van der Waals surface area contributed by atoms with Crippen LogP contribution in [0.3, 0.4) is 0 Å². The average molecular weight is 418 g/mol. The lowest BCUT2D eigenvalue weighted by Gasteiger charge is -2.39. The molecule has 2 heterocycles. The summed E-state index contributed by atoms with van der Waals surface area (Å²) >= 11 is 0. The molecule has 5 unspecified atom stereocenters. The van der Waals surface area contributed by atoms with E-state index in [0.29, 0.717) is 0 Å². The summed E-state index contributed by atoms with van der Waals surface area (Å²) < 4.78 is 21.0. The van der Waals surface area contributed by atoms with Crippen molar-refractivity contribution in [2.45, 2.75) is 37.6 Å². The number of carbonyl (C=O) groups excluding carboxylic acids is 1. The van der Waals surface area contributed by atoms with Crippen LogP contribution in [0.15, 0.2) is 57.9 Å². The highest BCUT2D eigenvalue weighted by Gasteiger charge is 2.45. The molecular formula is C21H22O9. The first-order valence-corrected chi connectivity index (χ1v) is 9.21. The smallest absolute Gasteiger partial charge is 0.330 e. The molecule has 160 valence electrons. The van der Waals surface area contributed by atoms with Gasteiger partial charge in [0.25, 0.3) is 5.95 Å². The summed E-state index contributed by atoms with van der Waals surface area (Å²) in [6.45, 7) is 1.06. The van der Waals surface area contributed by atoms with Gasteiger partial charge in [-0.05, 0) is 18.6 Å². The molecule has 1 aromatic heterocycles. The van der Waals surface area contributed by atoms with E-state index in [-0.39, 0.29) is 16.9 Å². The highest BCUT2D eigenvalue weighted by molar-refractivity contribution is 5.87. The minimum absolute atomic E-state index is 0.142. The third-order valence-electron chi connectivity index (χ3n) is 4.56. The Kier molecular flexibility index (Phi) is 7.01. The third-order valence-corrected chi connectivity index (χ3v) is 4.56. The SMILES string of the molecule is Cc1c(OC2OC(COC(=O)C=Cc3ccccc3)C(O)C(O)C2O)occc1=O. The van der Waals surface area contributed by atoms with Crippen molar-refractivity contribution in [3.8, 4) is 5.95 Å². The van der Waals surface area contributed by atoms with Gasteiger partial charge in [-0.3, -0.25) is 4.79 Å². The Morgan fingerprint density at radius 3 is 2.57 bits per heavy atom. The Labute approximate surface area is 171 Å². The molecule has 0 amide bonds. The number of hydrogen-bond donors (Lipinski definition) is 3. The van der Waals surface area contributed by atoms with E-state index in [4.69, 9.17) is 18.6 Å². The molecule has 1 aromatic carbocycles. The van der Waals surface area contributed by atoms with Gasteiger partial charge in [0.15, 0.2) is 5.43 Å². The molecular weight excluding hydrogens is 396 g/mol. The van der Waals surface area contributed by atoms with E-state index in [1.807, 2.05) is 18.2 Å². The van der Waals surface area contributed by atoms with Crippen molar-refractivity contribution >= 4 is 12.0 Å². The molecule has 3 N–H and O–H groups in total. The second kappa shape index (κ2) is 9.68. The normalized spacial score (nSPS) is 26.5. The van der Waals surface area contributed by atoms with Gasteiger partial charge in [-0.2, -0.15) is 0 Å². The molecule has 9 nitrogen and oxygen atoms in total. The second-order valence-corrected chi connectivity index (χ2v) is 6.70. The number of rotatable bonds is 6. The van der Waals surface area contributed by atoms with Crippen LogP contribution in [0.5, 0.6) is 5.95 Å². The molecule has 1 aliphatic rings. The fraction of sp³-hybridized carbons (Fsp3) is 0.333. The van der Waals surface area contributed by atoms with Crippen LogP contribution in [-0.2, 0) is 14.3 Å². The van der Waals surface area contributed by atoms with E-state index >= 15 is 0 Å². The number of esters is 1. The Morgan fingerprint density at radius 1 is 1.10 bits per heavy atom. The monoisotopic (exact) mass is 418 g/mol. The predicted octanol–water partition coefficient (Wildman–Crippen LogP) is 0.391. The molecule has 1 fully saturated rings. The van der Waals surface area contributed by atoms with E-state index < -0.39 is 43.3 Å². The van der Waals surface area contributed by atoms with Crippen LogP contribution in [0.1, 0.15) is 11.1 Å². The Bertz CT molecular complexity index is 937. The maximum atomic E-state index is 11.9. The number of aliphatic hydroxyl groups is 3. The van der Waals surface area contributed by atoms with Crippen molar-refractivity contribution < 1.29 is 38.7 Å². The van der Waals surface area contributed by atoms with Crippen LogP contribution in [-0.4, -0.2) is 58.6 Å². The van der Waals surface area contributed by atoms with Crippen molar-refractivity contribution in [1.82, 2.24) is 0 Å². The molecule has 0 bridgehead atoms. The van der Waals surface area contributed by atoms with E-state index in [1.54, 1.807) is 18.2 Å². The molecule has 1 saturated heterocycles. The Hall–Kier alpha value is -2.98. The second-order valence-electron chi connectivity index (χ2n) is 6.70. The van der Waals surface area contributed by atoms with Crippen LogP contribution in [0.4, 0.5) is 0 Å². The van der Waals surface area contributed by atoms with Gasteiger partial charge in [-0.1, -0.05) is 30.3 Å². The lowest BCUT2D eigenvalue weighted by atomic mass is 9.99. The molecule has 9 heteroatoms. The van der Waals surface area contributed by atoms with Crippen molar-refractivity contribution in [3.05, 3.63) is 70.1 Å². The van der Waals surface area contributed by atoms with Crippen molar-refractivity contribution in [2.24, 2.45) is 0 Å². The zero-order valence-electron chi connectivity index (χ0n) is 16.1. The van der Waals surface area contributed by atoms with E-state index in [9.17, 15) is 24.9 Å². The maximum Gasteiger partial charge on any atom is 0.330 e. The number of ether oxygens (including phenoxy) is 3. The van der Waals surface area contributed by atoms with Crippen LogP contribution in [0.2, 0.25) is 0 Å². The van der Waals surface area contributed by atoms with Gasteiger partial charge < -0.3 is 33.9 Å². The lowest BCUT2D eigenvalue weighted by Crippen LogP contribution is -2.60. The van der Waals surface area contributed by atoms with E-state index in [0.717, 1.165) is 11.8 Å². The molecule has 0 aliphatic carbocycles. The van der Waals surface area contributed by atoms with Gasteiger partial charge in [0, 0.05) is 12.1 Å². The molecule has 0 spiro atoms. The summed E-state index contributed by atoms with van der Waals surface area (Å²) in [4.78, 5) is 23.6. The minimum atomic E-state index is -1.64. The highest BCUT2D eigenvalue weighted by Crippen LogP contribution is 2.25.